The minimum atomic E-state index is 0.559. The topological polar surface area (TPSA) is 35.2 Å². The monoisotopic (exact) mass is 374 g/mol. The van der Waals surface area contributed by atoms with Gasteiger partial charge in [0.1, 0.15) is 18.7 Å². The van der Waals surface area contributed by atoms with Gasteiger partial charge in [-0.25, -0.2) is 4.68 Å². The van der Waals surface area contributed by atoms with Crippen molar-refractivity contribution < 1.29 is 4.74 Å². The summed E-state index contributed by atoms with van der Waals surface area (Å²) in [6.07, 6.45) is 1.74. The molecule has 0 saturated heterocycles. The largest absolute Gasteiger partial charge is 0.492 e. The highest BCUT2D eigenvalue weighted by atomic mass is 35.5. The number of halogens is 1. The summed E-state index contributed by atoms with van der Waals surface area (Å²) in [5, 5.41) is 5.06. The van der Waals surface area contributed by atoms with Gasteiger partial charge in [0.2, 0.25) is 4.77 Å². The van der Waals surface area contributed by atoms with Crippen LogP contribution in [0.4, 0.5) is 0 Å². The fourth-order valence-corrected chi connectivity index (χ4v) is 2.81. The minimum absolute atomic E-state index is 0.559. The van der Waals surface area contributed by atoms with E-state index in [9.17, 15) is 0 Å². The van der Waals surface area contributed by atoms with E-state index in [2.05, 4.69) is 10.00 Å². The molecule has 130 valence electrons. The van der Waals surface area contributed by atoms with Crippen molar-refractivity contribution in [2.24, 2.45) is 0 Å². The summed E-state index contributed by atoms with van der Waals surface area (Å²) < 4.78 is 10.1. The Balaban J connectivity index is 1.56. The molecule has 0 fully saturated rings. The maximum atomic E-state index is 5.95. The lowest BCUT2D eigenvalue weighted by Crippen LogP contribution is -2.27. The van der Waals surface area contributed by atoms with Crippen molar-refractivity contribution in [1.29, 1.82) is 0 Å². The minimum Gasteiger partial charge on any atom is -0.492 e. The fraction of sp³-hybridized carbons (Fsp3) is 0.222. The average molecular weight is 375 g/mol. The summed E-state index contributed by atoms with van der Waals surface area (Å²) in [5.41, 5.74) is 1.01. The first-order valence-electron chi connectivity index (χ1n) is 7.90. The van der Waals surface area contributed by atoms with Gasteiger partial charge in [0.25, 0.3) is 0 Å². The third kappa shape index (κ3) is 4.69. The van der Waals surface area contributed by atoms with E-state index in [1.54, 1.807) is 17.1 Å². The Labute approximate surface area is 157 Å². The van der Waals surface area contributed by atoms with Crippen LogP contribution >= 0.6 is 23.8 Å². The summed E-state index contributed by atoms with van der Waals surface area (Å²) >= 11 is 11.5. The van der Waals surface area contributed by atoms with Gasteiger partial charge >= 0.3 is 0 Å². The van der Waals surface area contributed by atoms with Gasteiger partial charge in [-0.3, -0.25) is 9.47 Å². The van der Waals surface area contributed by atoms with Crippen LogP contribution in [0.5, 0.6) is 5.75 Å². The molecule has 1 aromatic heterocycles. The number of aromatic nitrogens is 3. The molecule has 0 amide bonds. The number of likely N-dealkylation sites (N-methyl/N-ethyl adjacent to an activating group) is 1. The van der Waals surface area contributed by atoms with Gasteiger partial charge in [0.15, 0.2) is 0 Å². The van der Waals surface area contributed by atoms with Crippen molar-refractivity contribution in [2.45, 2.75) is 6.67 Å². The molecule has 0 unspecified atom stereocenters. The second kappa shape index (κ2) is 8.29. The normalized spacial score (nSPS) is 11.0. The third-order valence-corrected chi connectivity index (χ3v) is 4.32. The van der Waals surface area contributed by atoms with Gasteiger partial charge in [-0.05, 0) is 49.6 Å². The zero-order chi connectivity index (χ0) is 17.6. The van der Waals surface area contributed by atoms with Crippen LogP contribution in [0.15, 0.2) is 60.9 Å². The van der Waals surface area contributed by atoms with E-state index >= 15 is 0 Å². The highest BCUT2D eigenvalue weighted by Crippen LogP contribution is 2.17. The van der Waals surface area contributed by atoms with Gasteiger partial charge in [-0.15, -0.1) is 0 Å². The van der Waals surface area contributed by atoms with Crippen LogP contribution < -0.4 is 4.74 Å². The van der Waals surface area contributed by atoms with Crippen molar-refractivity contribution in [3.63, 3.8) is 0 Å². The number of rotatable bonds is 7. The average Bonchev–Trinajstić information content (AvgIpc) is 2.96. The van der Waals surface area contributed by atoms with E-state index in [0.29, 0.717) is 23.1 Å². The van der Waals surface area contributed by atoms with E-state index in [4.69, 9.17) is 28.6 Å². The molecule has 0 spiro atoms. The predicted octanol–water partition coefficient (Wildman–Crippen LogP) is 4.02. The van der Waals surface area contributed by atoms with Crippen LogP contribution in [-0.2, 0) is 6.67 Å². The van der Waals surface area contributed by atoms with E-state index in [1.165, 1.54) is 0 Å². The molecular formula is C18H19ClN4OS. The number of nitrogens with zero attached hydrogens (tertiary/aromatic N) is 4. The number of ether oxygens (including phenoxy) is 1. The van der Waals surface area contributed by atoms with Crippen molar-refractivity contribution in [3.8, 4) is 11.4 Å². The molecule has 0 aliphatic carbocycles. The van der Waals surface area contributed by atoms with Gasteiger partial charge in [-0.1, -0.05) is 35.9 Å². The van der Waals surface area contributed by atoms with Crippen molar-refractivity contribution >= 4 is 23.8 Å². The first-order chi connectivity index (χ1) is 12.1. The lowest BCUT2D eigenvalue weighted by atomic mass is 10.3. The van der Waals surface area contributed by atoms with Gasteiger partial charge in [0.05, 0.1) is 6.67 Å². The molecule has 0 saturated carbocycles. The zero-order valence-electron chi connectivity index (χ0n) is 13.9. The Morgan fingerprint density at radius 1 is 1.16 bits per heavy atom. The Kier molecular flexibility index (Phi) is 5.86. The van der Waals surface area contributed by atoms with E-state index in [1.807, 2.05) is 60.1 Å². The summed E-state index contributed by atoms with van der Waals surface area (Å²) in [6.45, 7) is 1.90. The van der Waals surface area contributed by atoms with Crippen molar-refractivity contribution in [2.75, 3.05) is 20.2 Å². The molecule has 3 aromatic rings. The lowest BCUT2D eigenvalue weighted by molar-refractivity contribution is 0.198. The second-order valence-electron chi connectivity index (χ2n) is 5.65. The molecular weight excluding hydrogens is 356 g/mol. The van der Waals surface area contributed by atoms with E-state index in [-0.39, 0.29) is 0 Å². The number of hydrogen-bond acceptors (Lipinski definition) is 4. The Morgan fingerprint density at radius 3 is 2.72 bits per heavy atom. The smallest absolute Gasteiger partial charge is 0.203 e. The summed E-state index contributed by atoms with van der Waals surface area (Å²) in [6, 6.07) is 17.3. The molecule has 0 radical (unpaired) electrons. The summed E-state index contributed by atoms with van der Waals surface area (Å²) in [4.78, 5) is 2.10. The Hall–Kier alpha value is -2.15. The van der Waals surface area contributed by atoms with Crippen LogP contribution in [0.25, 0.3) is 5.69 Å². The molecule has 0 atom stereocenters. The quantitative estimate of drug-likeness (QED) is 0.585. The predicted molar refractivity (Wildman–Crippen MR) is 102 cm³/mol. The first kappa shape index (κ1) is 17.7. The van der Waals surface area contributed by atoms with E-state index in [0.717, 1.165) is 18.0 Å². The highest BCUT2D eigenvalue weighted by molar-refractivity contribution is 7.71. The fourth-order valence-electron chi connectivity index (χ4n) is 2.38. The highest BCUT2D eigenvalue weighted by Gasteiger charge is 2.06. The Morgan fingerprint density at radius 2 is 1.96 bits per heavy atom. The van der Waals surface area contributed by atoms with E-state index < -0.39 is 0 Å². The van der Waals surface area contributed by atoms with Crippen molar-refractivity contribution in [1.82, 2.24) is 19.2 Å². The molecule has 0 N–H and O–H groups in total. The Bertz CT molecular complexity index is 878. The van der Waals surface area contributed by atoms with Crippen LogP contribution in [0.3, 0.4) is 0 Å². The molecule has 2 aromatic carbocycles. The molecule has 0 aliphatic rings. The molecule has 25 heavy (non-hydrogen) atoms. The SMILES string of the molecule is CN(CCOc1cccc(Cl)c1)Cn1ncn(-c2ccccc2)c1=S. The standard InChI is InChI=1S/C18H19ClN4OS/c1-21(10-11-24-17-9-5-6-15(19)12-17)14-23-18(25)22(13-20-23)16-7-3-2-4-8-16/h2-9,12-13H,10-11,14H2,1H3. The van der Waals surface area contributed by atoms with Gasteiger partial charge in [-0.2, -0.15) is 5.10 Å². The third-order valence-electron chi connectivity index (χ3n) is 3.68. The number of benzene rings is 2. The molecule has 0 aliphatic heterocycles. The van der Waals surface area contributed by atoms with Crippen molar-refractivity contribution in [3.05, 3.63) is 70.7 Å². The van der Waals surface area contributed by atoms with Gasteiger partial charge < -0.3 is 4.74 Å². The maximum absolute atomic E-state index is 5.95. The molecule has 5 nitrogen and oxygen atoms in total. The zero-order valence-corrected chi connectivity index (χ0v) is 15.5. The first-order valence-corrected chi connectivity index (χ1v) is 8.69. The molecule has 7 heteroatoms. The van der Waals surface area contributed by atoms with Crippen LogP contribution in [0.1, 0.15) is 0 Å². The maximum Gasteiger partial charge on any atom is 0.203 e. The van der Waals surface area contributed by atoms with Crippen LogP contribution in [0, 0.1) is 4.77 Å². The number of hydrogen-bond donors (Lipinski definition) is 0. The molecule has 3 rings (SSSR count). The van der Waals surface area contributed by atoms with Crippen LogP contribution in [0.2, 0.25) is 5.02 Å². The molecule has 0 bridgehead atoms. The molecule has 1 heterocycles. The van der Waals surface area contributed by atoms with Gasteiger partial charge in [0, 0.05) is 17.3 Å². The second-order valence-corrected chi connectivity index (χ2v) is 6.45. The summed E-state index contributed by atoms with van der Waals surface area (Å²) in [5.74, 6) is 0.769. The summed E-state index contributed by atoms with van der Waals surface area (Å²) in [7, 11) is 2.00. The lowest BCUT2D eigenvalue weighted by Gasteiger charge is -2.16. The van der Waals surface area contributed by atoms with Crippen LogP contribution in [-0.4, -0.2) is 39.4 Å². The number of para-hydroxylation sites is 1.